The highest BCUT2D eigenvalue weighted by atomic mass is 79.9. The molecule has 2 rings (SSSR count). The molecule has 0 aliphatic heterocycles. The molecule has 1 heterocycles. The Balaban J connectivity index is 2.39. The second kappa shape index (κ2) is 5.36. The fourth-order valence-corrected chi connectivity index (χ4v) is 2.14. The van der Waals surface area contributed by atoms with Crippen LogP contribution in [0.15, 0.2) is 35.1 Å². The van der Waals surface area contributed by atoms with E-state index in [1.165, 1.54) is 5.56 Å². The van der Waals surface area contributed by atoms with Gasteiger partial charge in [0.25, 0.3) is 0 Å². The number of aryl methyl sites for hydroxylation is 1. The predicted molar refractivity (Wildman–Crippen MR) is 74.8 cm³/mol. The molecule has 2 aromatic rings. The number of nitrogens with one attached hydrogen (secondary N) is 1. The number of benzene rings is 1. The van der Waals surface area contributed by atoms with E-state index in [0.29, 0.717) is 0 Å². The molecule has 1 N–H and O–H groups in total. The zero-order chi connectivity index (χ0) is 12.3. The van der Waals surface area contributed by atoms with Crippen molar-refractivity contribution in [1.82, 2.24) is 9.55 Å². The summed E-state index contributed by atoms with van der Waals surface area (Å²) in [6.07, 6.45) is 4.87. The van der Waals surface area contributed by atoms with Gasteiger partial charge in [-0.25, -0.2) is 4.98 Å². The zero-order valence-electron chi connectivity index (χ0n) is 10.1. The summed E-state index contributed by atoms with van der Waals surface area (Å²) in [7, 11) is 0. The van der Waals surface area contributed by atoms with Crippen LogP contribution in [-0.2, 0) is 0 Å². The second-order valence-electron chi connectivity index (χ2n) is 3.96. The van der Waals surface area contributed by atoms with Crippen LogP contribution in [0.3, 0.4) is 0 Å². The average Bonchev–Trinajstić information content (AvgIpc) is 2.78. The number of imidazole rings is 1. The molecule has 0 spiro atoms. The SMILES string of the molecule is CCCNc1nccn1-c1cccc(C)c1Br. The number of hydrogen-bond donors (Lipinski definition) is 1. The van der Waals surface area contributed by atoms with Crippen LogP contribution in [0.1, 0.15) is 18.9 Å². The third-order valence-corrected chi connectivity index (χ3v) is 3.64. The van der Waals surface area contributed by atoms with Crippen molar-refractivity contribution >= 4 is 21.9 Å². The van der Waals surface area contributed by atoms with Crippen molar-refractivity contribution in [1.29, 1.82) is 0 Å². The Morgan fingerprint density at radius 3 is 3.00 bits per heavy atom. The van der Waals surface area contributed by atoms with E-state index in [2.05, 4.69) is 62.8 Å². The molecule has 0 saturated carbocycles. The van der Waals surface area contributed by atoms with Crippen LogP contribution in [0.2, 0.25) is 0 Å². The van der Waals surface area contributed by atoms with Crippen molar-refractivity contribution in [2.45, 2.75) is 20.3 Å². The van der Waals surface area contributed by atoms with E-state index < -0.39 is 0 Å². The van der Waals surface area contributed by atoms with Gasteiger partial charge in [-0.3, -0.25) is 4.57 Å². The molecular formula is C13H16BrN3. The summed E-state index contributed by atoms with van der Waals surface area (Å²) in [6, 6.07) is 6.22. The smallest absolute Gasteiger partial charge is 0.207 e. The van der Waals surface area contributed by atoms with E-state index in [9.17, 15) is 0 Å². The summed E-state index contributed by atoms with van der Waals surface area (Å²) < 4.78 is 3.17. The number of aromatic nitrogens is 2. The molecule has 17 heavy (non-hydrogen) atoms. The van der Waals surface area contributed by atoms with Gasteiger partial charge in [0, 0.05) is 23.4 Å². The minimum Gasteiger partial charge on any atom is -0.355 e. The van der Waals surface area contributed by atoms with E-state index in [1.807, 2.05) is 12.4 Å². The molecule has 0 radical (unpaired) electrons. The van der Waals surface area contributed by atoms with Gasteiger partial charge >= 0.3 is 0 Å². The lowest BCUT2D eigenvalue weighted by molar-refractivity contribution is 0.935. The maximum Gasteiger partial charge on any atom is 0.207 e. The Hall–Kier alpha value is -1.29. The fourth-order valence-electron chi connectivity index (χ4n) is 1.68. The summed E-state index contributed by atoms with van der Waals surface area (Å²) in [6.45, 7) is 5.16. The largest absolute Gasteiger partial charge is 0.355 e. The van der Waals surface area contributed by atoms with E-state index in [0.717, 1.165) is 29.1 Å². The summed E-state index contributed by atoms with van der Waals surface area (Å²) in [5.74, 6) is 0.887. The molecule has 4 heteroatoms. The normalized spacial score (nSPS) is 10.5. The standard InChI is InChI=1S/C13H16BrN3/c1-3-7-15-13-16-8-9-17(13)11-6-4-5-10(2)12(11)14/h4-6,8-9H,3,7H2,1-2H3,(H,15,16). The van der Waals surface area contributed by atoms with Crippen molar-refractivity contribution in [2.75, 3.05) is 11.9 Å². The molecule has 0 bridgehead atoms. The van der Waals surface area contributed by atoms with Gasteiger partial charge < -0.3 is 5.32 Å². The first-order valence-electron chi connectivity index (χ1n) is 5.76. The van der Waals surface area contributed by atoms with E-state index >= 15 is 0 Å². The van der Waals surface area contributed by atoms with Crippen molar-refractivity contribution in [3.8, 4) is 5.69 Å². The van der Waals surface area contributed by atoms with Gasteiger partial charge in [0.15, 0.2) is 0 Å². The third-order valence-electron chi connectivity index (χ3n) is 2.60. The van der Waals surface area contributed by atoms with Crippen LogP contribution in [-0.4, -0.2) is 16.1 Å². The van der Waals surface area contributed by atoms with Crippen LogP contribution in [0.25, 0.3) is 5.69 Å². The Bertz CT molecular complexity index is 505. The third kappa shape index (κ3) is 2.52. The minimum absolute atomic E-state index is 0.887. The van der Waals surface area contributed by atoms with E-state index in [-0.39, 0.29) is 0 Å². The number of halogens is 1. The highest BCUT2D eigenvalue weighted by Gasteiger charge is 2.08. The Morgan fingerprint density at radius 1 is 1.41 bits per heavy atom. The zero-order valence-corrected chi connectivity index (χ0v) is 11.7. The van der Waals surface area contributed by atoms with Gasteiger partial charge in [0.05, 0.1) is 5.69 Å². The molecule has 0 unspecified atom stereocenters. The summed E-state index contributed by atoms with van der Waals surface area (Å²) in [5, 5.41) is 3.32. The van der Waals surface area contributed by atoms with Crippen LogP contribution in [0.5, 0.6) is 0 Å². The average molecular weight is 294 g/mol. The minimum atomic E-state index is 0.887. The Morgan fingerprint density at radius 2 is 2.24 bits per heavy atom. The molecular weight excluding hydrogens is 278 g/mol. The van der Waals surface area contributed by atoms with Gasteiger partial charge in [-0.2, -0.15) is 0 Å². The van der Waals surface area contributed by atoms with Crippen LogP contribution < -0.4 is 5.32 Å². The number of hydrogen-bond acceptors (Lipinski definition) is 2. The van der Waals surface area contributed by atoms with Crippen molar-refractivity contribution in [3.63, 3.8) is 0 Å². The molecule has 0 amide bonds. The van der Waals surface area contributed by atoms with E-state index in [4.69, 9.17) is 0 Å². The lowest BCUT2D eigenvalue weighted by atomic mass is 10.2. The molecule has 1 aromatic carbocycles. The van der Waals surface area contributed by atoms with Crippen LogP contribution >= 0.6 is 15.9 Å². The maximum absolute atomic E-state index is 4.33. The first kappa shape index (κ1) is 12.2. The van der Waals surface area contributed by atoms with Crippen LogP contribution in [0.4, 0.5) is 5.95 Å². The molecule has 0 fully saturated rings. The predicted octanol–water partition coefficient (Wildman–Crippen LogP) is 3.77. The van der Waals surface area contributed by atoms with Crippen molar-refractivity contribution in [2.24, 2.45) is 0 Å². The van der Waals surface area contributed by atoms with Gasteiger partial charge in [0.1, 0.15) is 0 Å². The lowest BCUT2D eigenvalue weighted by Gasteiger charge is -2.12. The fraction of sp³-hybridized carbons (Fsp3) is 0.308. The summed E-state index contributed by atoms with van der Waals surface area (Å²) in [5.41, 5.74) is 2.33. The first-order valence-corrected chi connectivity index (χ1v) is 6.56. The number of anilines is 1. The quantitative estimate of drug-likeness (QED) is 0.930. The number of nitrogens with zero attached hydrogens (tertiary/aromatic N) is 2. The second-order valence-corrected chi connectivity index (χ2v) is 4.75. The number of rotatable bonds is 4. The van der Waals surface area contributed by atoms with Gasteiger partial charge in [0.2, 0.25) is 5.95 Å². The molecule has 0 atom stereocenters. The van der Waals surface area contributed by atoms with Crippen molar-refractivity contribution < 1.29 is 0 Å². The Kier molecular flexibility index (Phi) is 3.84. The van der Waals surface area contributed by atoms with Crippen LogP contribution in [0, 0.1) is 6.92 Å². The molecule has 1 aromatic heterocycles. The summed E-state index contributed by atoms with van der Waals surface area (Å²) in [4.78, 5) is 4.33. The lowest BCUT2D eigenvalue weighted by Crippen LogP contribution is -2.07. The monoisotopic (exact) mass is 293 g/mol. The van der Waals surface area contributed by atoms with Gasteiger partial charge in [-0.1, -0.05) is 19.1 Å². The molecule has 0 saturated heterocycles. The first-order chi connectivity index (χ1) is 8.24. The van der Waals surface area contributed by atoms with Gasteiger partial charge in [-0.05, 0) is 40.9 Å². The highest BCUT2D eigenvalue weighted by Crippen LogP contribution is 2.26. The molecule has 0 aliphatic carbocycles. The molecule has 90 valence electrons. The maximum atomic E-state index is 4.33. The van der Waals surface area contributed by atoms with Crippen molar-refractivity contribution in [3.05, 3.63) is 40.6 Å². The molecule has 3 nitrogen and oxygen atoms in total. The highest BCUT2D eigenvalue weighted by molar-refractivity contribution is 9.10. The molecule has 0 aliphatic rings. The Labute approximate surface area is 110 Å². The topological polar surface area (TPSA) is 29.9 Å². The van der Waals surface area contributed by atoms with Gasteiger partial charge in [-0.15, -0.1) is 0 Å². The van der Waals surface area contributed by atoms with E-state index in [1.54, 1.807) is 0 Å². The summed E-state index contributed by atoms with van der Waals surface area (Å²) >= 11 is 3.63.